The Hall–Kier alpha value is -1.78. The van der Waals surface area contributed by atoms with E-state index in [-0.39, 0.29) is 16.9 Å². The van der Waals surface area contributed by atoms with Crippen LogP contribution >= 0.6 is 0 Å². The van der Waals surface area contributed by atoms with Crippen LogP contribution < -0.4 is 10.3 Å². The van der Waals surface area contributed by atoms with Crippen LogP contribution in [0.2, 0.25) is 0 Å². The van der Waals surface area contributed by atoms with E-state index in [1.54, 1.807) is 11.1 Å². The number of halogens is 3. The van der Waals surface area contributed by atoms with E-state index in [4.69, 9.17) is 0 Å². The van der Waals surface area contributed by atoms with Crippen LogP contribution in [-0.2, 0) is 17.4 Å². The second-order valence-electron chi connectivity index (χ2n) is 5.62. The highest BCUT2D eigenvalue weighted by Gasteiger charge is 2.34. The molecule has 25 heavy (non-hydrogen) atoms. The molecular formula is C15H17F3N3O3S-. The van der Waals surface area contributed by atoms with Crippen molar-refractivity contribution >= 4 is 22.2 Å². The van der Waals surface area contributed by atoms with Crippen molar-refractivity contribution in [2.45, 2.75) is 44.3 Å². The summed E-state index contributed by atoms with van der Waals surface area (Å²) in [7, 11) is 0. The first kappa shape index (κ1) is 19.5. The molecule has 1 aromatic heterocycles. The van der Waals surface area contributed by atoms with Crippen molar-refractivity contribution in [3.63, 3.8) is 0 Å². The van der Waals surface area contributed by atoms with Gasteiger partial charge in [0.1, 0.15) is 0 Å². The largest absolute Gasteiger partial charge is 0.760 e. The number of hydrogen-bond donors (Lipinski definition) is 2. The Bertz CT molecular complexity index is 789. The van der Waals surface area contributed by atoms with Gasteiger partial charge in [0, 0.05) is 17.3 Å². The predicted octanol–water partition coefficient (Wildman–Crippen LogP) is 2.64. The van der Waals surface area contributed by atoms with Gasteiger partial charge in [0.25, 0.3) is 5.56 Å². The minimum atomic E-state index is -4.64. The third kappa shape index (κ3) is 5.91. The average Bonchev–Trinajstić information content (AvgIpc) is 2.55. The van der Waals surface area contributed by atoms with Gasteiger partial charge in [-0.05, 0) is 25.0 Å². The van der Waals surface area contributed by atoms with Crippen LogP contribution in [-0.4, -0.2) is 24.8 Å². The van der Waals surface area contributed by atoms with E-state index >= 15 is 0 Å². The lowest BCUT2D eigenvalue weighted by molar-refractivity contribution is -0.144. The fourth-order valence-electron chi connectivity index (χ4n) is 2.58. The van der Waals surface area contributed by atoms with Crippen molar-refractivity contribution in [3.05, 3.63) is 40.4 Å². The molecule has 1 aromatic carbocycles. The molecule has 1 saturated carbocycles. The lowest BCUT2D eigenvalue weighted by atomic mass is 9.96. The highest BCUT2D eigenvalue weighted by atomic mass is 32.2. The quantitative estimate of drug-likeness (QED) is 0.788. The Morgan fingerprint density at radius 3 is 2.44 bits per heavy atom. The number of alkyl halides is 3. The number of para-hydroxylation sites is 1. The Kier molecular flexibility index (Phi) is 6.68. The van der Waals surface area contributed by atoms with E-state index in [1.807, 2.05) is 0 Å². The first-order valence-electron chi connectivity index (χ1n) is 7.69. The lowest BCUT2D eigenvalue weighted by Gasteiger charge is -2.23. The van der Waals surface area contributed by atoms with Crippen LogP contribution in [0.15, 0.2) is 29.1 Å². The van der Waals surface area contributed by atoms with Gasteiger partial charge < -0.3 is 9.54 Å². The van der Waals surface area contributed by atoms with E-state index < -0.39 is 28.8 Å². The molecule has 1 aliphatic carbocycles. The first-order chi connectivity index (χ1) is 11.8. The first-order valence-corrected chi connectivity index (χ1v) is 8.76. The van der Waals surface area contributed by atoms with Crippen molar-refractivity contribution in [2.24, 2.45) is 0 Å². The smallest absolute Gasteiger partial charge is 0.449 e. The summed E-state index contributed by atoms with van der Waals surface area (Å²) in [6.45, 7) is 0. The normalized spacial score (nSPS) is 17.0. The monoisotopic (exact) mass is 376 g/mol. The predicted molar refractivity (Wildman–Crippen MR) is 86.3 cm³/mol. The van der Waals surface area contributed by atoms with Crippen LogP contribution in [0.4, 0.5) is 13.2 Å². The van der Waals surface area contributed by atoms with Crippen LogP contribution in [0, 0.1) is 0 Å². The molecular weight excluding hydrogens is 359 g/mol. The number of nitrogens with one attached hydrogen (secondary N) is 2. The summed E-state index contributed by atoms with van der Waals surface area (Å²) in [4.78, 5) is 16.3. The van der Waals surface area contributed by atoms with E-state index in [9.17, 15) is 26.7 Å². The van der Waals surface area contributed by atoms with Crippen molar-refractivity contribution in [1.82, 2.24) is 14.7 Å². The minimum absolute atomic E-state index is 0.0357. The van der Waals surface area contributed by atoms with Gasteiger partial charge in [0.15, 0.2) is 0 Å². The molecule has 0 radical (unpaired) electrons. The summed E-state index contributed by atoms with van der Waals surface area (Å²) in [5.41, 5.74) is -0.749. The maximum atomic E-state index is 12.3. The van der Waals surface area contributed by atoms with Crippen LogP contribution in [0.5, 0.6) is 0 Å². The van der Waals surface area contributed by atoms with Gasteiger partial charge in [0.2, 0.25) is 5.82 Å². The molecule has 0 spiro atoms. The standard InChI is InChI=1S/C9H5F3N2O.C6H13NO2S/c10-9(11,12)8-13-6-4-2-1-3-5(6)7(15)14-8;8-10(9)7-6-4-2-1-3-5-6/h1-4H,(H,13,14,15);6-7H,1-5H2,(H,8,9)/p-1. The number of rotatable bonds is 2. The number of nitrogens with zero attached hydrogens (tertiary/aromatic N) is 1. The Morgan fingerprint density at radius 1 is 1.20 bits per heavy atom. The zero-order valence-corrected chi connectivity index (χ0v) is 14.0. The summed E-state index contributed by atoms with van der Waals surface area (Å²) >= 11 is -2.06. The summed E-state index contributed by atoms with van der Waals surface area (Å²) in [6.07, 6.45) is 0.957. The molecule has 1 atom stereocenters. The molecule has 0 aliphatic heterocycles. The number of benzene rings is 1. The topological polar surface area (TPSA) is 97.9 Å². The Balaban J connectivity index is 0.000000196. The maximum absolute atomic E-state index is 12.3. The molecule has 1 fully saturated rings. The second kappa shape index (κ2) is 8.54. The van der Waals surface area contributed by atoms with Gasteiger partial charge in [-0.25, -0.2) is 9.71 Å². The molecule has 1 unspecified atom stereocenters. The zero-order chi connectivity index (χ0) is 18.4. The summed E-state index contributed by atoms with van der Waals surface area (Å²) in [6, 6.07) is 6.08. The maximum Gasteiger partial charge on any atom is 0.449 e. The third-order valence-corrected chi connectivity index (χ3v) is 4.28. The lowest BCUT2D eigenvalue weighted by Crippen LogP contribution is -2.32. The molecule has 2 aromatic rings. The number of hydrogen-bond acceptors (Lipinski definition) is 4. The molecule has 10 heteroatoms. The minimum Gasteiger partial charge on any atom is -0.760 e. The van der Waals surface area contributed by atoms with Crippen molar-refractivity contribution in [1.29, 1.82) is 0 Å². The molecule has 0 bridgehead atoms. The Labute approximate surface area is 144 Å². The molecule has 1 heterocycles. The number of aromatic nitrogens is 2. The van der Waals surface area contributed by atoms with E-state index in [1.165, 1.54) is 24.6 Å². The molecule has 0 amide bonds. The van der Waals surface area contributed by atoms with Gasteiger partial charge in [-0.15, -0.1) is 0 Å². The van der Waals surface area contributed by atoms with Crippen molar-refractivity contribution in [3.8, 4) is 0 Å². The molecule has 2 N–H and O–H groups in total. The molecule has 3 rings (SSSR count). The fraction of sp³-hybridized carbons (Fsp3) is 0.467. The molecule has 6 nitrogen and oxygen atoms in total. The highest BCUT2D eigenvalue weighted by molar-refractivity contribution is 7.77. The summed E-state index contributed by atoms with van der Waals surface area (Å²) in [5, 5.41) is 0.144. The number of H-pyrrole nitrogens is 1. The third-order valence-electron chi connectivity index (χ3n) is 3.75. The van der Waals surface area contributed by atoms with E-state index in [0.717, 1.165) is 25.7 Å². The molecule has 0 saturated heterocycles. The van der Waals surface area contributed by atoms with Crippen LogP contribution in [0.25, 0.3) is 10.9 Å². The fourth-order valence-corrected chi connectivity index (χ4v) is 3.09. The van der Waals surface area contributed by atoms with Gasteiger partial charge >= 0.3 is 6.18 Å². The summed E-state index contributed by atoms with van der Waals surface area (Å²) < 4.78 is 59.6. The zero-order valence-electron chi connectivity index (χ0n) is 13.1. The van der Waals surface area contributed by atoms with Crippen LogP contribution in [0.3, 0.4) is 0 Å². The van der Waals surface area contributed by atoms with E-state index in [2.05, 4.69) is 9.71 Å². The van der Waals surface area contributed by atoms with E-state index in [0.29, 0.717) is 0 Å². The van der Waals surface area contributed by atoms with Gasteiger partial charge in [0.05, 0.1) is 10.9 Å². The molecule has 138 valence electrons. The molecule has 1 aliphatic rings. The number of aromatic amines is 1. The number of fused-ring (bicyclic) bond motifs is 1. The second-order valence-corrected chi connectivity index (χ2v) is 6.32. The highest BCUT2D eigenvalue weighted by Crippen LogP contribution is 2.25. The average molecular weight is 376 g/mol. The van der Waals surface area contributed by atoms with Gasteiger partial charge in [-0.3, -0.25) is 9.00 Å². The summed E-state index contributed by atoms with van der Waals surface area (Å²) in [5.74, 6) is -1.27. The van der Waals surface area contributed by atoms with Gasteiger partial charge in [-0.2, -0.15) is 13.2 Å². The Morgan fingerprint density at radius 2 is 1.84 bits per heavy atom. The van der Waals surface area contributed by atoms with Crippen LogP contribution in [0.1, 0.15) is 37.9 Å². The van der Waals surface area contributed by atoms with Crippen molar-refractivity contribution in [2.75, 3.05) is 0 Å². The van der Waals surface area contributed by atoms with Crippen molar-refractivity contribution < 1.29 is 21.9 Å². The SMILES string of the molecule is O=S([O-])NC1CCCCC1.O=c1[nH]c(C(F)(F)F)nc2ccccc12. The van der Waals surface area contributed by atoms with Gasteiger partial charge in [-0.1, -0.05) is 31.4 Å².